The van der Waals surface area contributed by atoms with E-state index in [0.717, 1.165) is 22.8 Å². The molecular formula is C23H30O4. The molecule has 0 aliphatic carbocycles. The van der Waals surface area contributed by atoms with Gasteiger partial charge in [-0.2, -0.15) is 0 Å². The van der Waals surface area contributed by atoms with Gasteiger partial charge >= 0.3 is 0 Å². The fourth-order valence-corrected chi connectivity index (χ4v) is 2.58. The summed E-state index contributed by atoms with van der Waals surface area (Å²) in [6, 6.07) is 14.1. The van der Waals surface area contributed by atoms with Crippen LogP contribution in [0.4, 0.5) is 0 Å². The van der Waals surface area contributed by atoms with Crippen molar-refractivity contribution in [1.82, 2.24) is 0 Å². The Morgan fingerprint density at radius 2 is 1.56 bits per heavy atom. The third kappa shape index (κ3) is 6.99. The van der Waals surface area contributed by atoms with Gasteiger partial charge in [0.2, 0.25) is 0 Å². The average molecular weight is 370 g/mol. The van der Waals surface area contributed by atoms with Crippen LogP contribution in [0.5, 0.6) is 17.2 Å². The maximum atomic E-state index is 5.75. The topological polar surface area (TPSA) is 36.9 Å². The Balaban J connectivity index is 1.64. The lowest BCUT2D eigenvalue weighted by molar-refractivity contribution is 0.0757. The van der Waals surface area contributed by atoms with Gasteiger partial charge in [-0.15, -0.1) is 0 Å². The minimum absolute atomic E-state index is 0.461. The number of methoxy groups -OCH3 is 1. The van der Waals surface area contributed by atoms with Crippen molar-refractivity contribution in [2.45, 2.75) is 26.7 Å². The first-order chi connectivity index (χ1) is 13.1. The van der Waals surface area contributed by atoms with Crippen LogP contribution in [0.2, 0.25) is 0 Å². The lowest BCUT2D eigenvalue weighted by Crippen LogP contribution is -2.12. The maximum absolute atomic E-state index is 5.75. The summed E-state index contributed by atoms with van der Waals surface area (Å²) in [6.45, 7) is 8.33. The van der Waals surface area contributed by atoms with E-state index in [4.69, 9.17) is 18.9 Å². The quantitative estimate of drug-likeness (QED) is 0.501. The Kier molecular flexibility index (Phi) is 8.72. The Morgan fingerprint density at radius 1 is 0.852 bits per heavy atom. The zero-order chi connectivity index (χ0) is 19.5. The molecule has 4 nitrogen and oxygen atoms in total. The SMILES string of the molecule is C/C=C/c1ccc(OCCOCCOc2ccc(C(C)C)cc2)c(OC)c1. The van der Waals surface area contributed by atoms with Gasteiger partial charge in [0.1, 0.15) is 19.0 Å². The van der Waals surface area contributed by atoms with Crippen LogP contribution in [-0.2, 0) is 4.74 Å². The van der Waals surface area contributed by atoms with Gasteiger partial charge in [0.25, 0.3) is 0 Å². The van der Waals surface area contributed by atoms with Gasteiger partial charge in [-0.1, -0.05) is 44.2 Å². The average Bonchev–Trinajstić information content (AvgIpc) is 2.68. The van der Waals surface area contributed by atoms with Crippen molar-refractivity contribution in [3.8, 4) is 17.2 Å². The first-order valence-corrected chi connectivity index (χ1v) is 9.38. The maximum Gasteiger partial charge on any atom is 0.161 e. The molecule has 0 heterocycles. The lowest BCUT2D eigenvalue weighted by atomic mass is 10.0. The molecule has 0 aliphatic rings. The number of ether oxygens (including phenoxy) is 4. The van der Waals surface area contributed by atoms with Gasteiger partial charge in [-0.25, -0.2) is 0 Å². The van der Waals surface area contributed by atoms with Gasteiger partial charge in [0.05, 0.1) is 20.3 Å². The minimum Gasteiger partial charge on any atom is -0.493 e. The first kappa shape index (κ1) is 20.8. The largest absolute Gasteiger partial charge is 0.493 e. The van der Waals surface area contributed by atoms with Crippen LogP contribution in [0.15, 0.2) is 48.5 Å². The summed E-state index contributed by atoms with van der Waals surface area (Å²) < 4.78 is 22.4. The normalized spacial score (nSPS) is 11.1. The Morgan fingerprint density at radius 3 is 2.19 bits per heavy atom. The second kappa shape index (κ2) is 11.3. The molecule has 2 aromatic carbocycles. The van der Waals surface area contributed by atoms with Crippen LogP contribution in [0.1, 0.15) is 37.8 Å². The summed E-state index contributed by atoms with van der Waals surface area (Å²) >= 11 is 0. The Labute approximate surface area is 162 Å². The third-order valence-corrected chi connectivity index (χ3v) is 4.08. The number of benzene rings is 2. The molecule has 0 aromatic heterocycles. The number of hydrogen-bond donors (Lipinski definition) is 0. The molecule has 2 rings (SSSR count). The summed E-state index contributed by atoms with van der Waals surface area (Å²) in [7, 11) is 1.64. The zero-order valence-corrected chi connectivity index (χ0v) is 16.7. The minimum atomic E-state index is 0.461. The molecule has 0 fully saturated rings. The number of rotatable bonds is 11. The highest BCUT2D eigenvalue weighted by molar-refractivity contribution is 5.55. The van der Waals surface area contributed by atoms with Crippen molar-refractivity contribution in [3.05, 3.63) is 59.7 Å². The molecule has 0 aliphatic heterocycles. The van der Waals surface area contributed by atoms with E-state index in [1.165, 1.54) is 5.56 Å². The summed E-state index contributed by atoms with van der Waals surface area (Å²) in [4.78, 5) is 0. The first-order valence-electron chi connectivity index (χ1n) is 9.38. The molecule has 27 heavy (non-hydrogen) atoms. The second-order valence-corrected chi connectivity index (χ2v) is 6.44. The van der Waals surface area contributed by atoms with Crippen LogP contribution in [-0.4, -0.2) is 33.5 Å². The van der Waals surface area contributed by atoms with E-state index in [-0.39, 0.29) is 0 Å². The van der Waals surface area contributed by atoms with Crippen LogP contribution in [0.25, 0.3) is 6.08 Å². The van der Waals surface area contributed by atoms with Crippen molar-refractivity contribution < 1.29 is 18.9 Å². The molecule has 2 aromatic rings. The molecule has 4 heteroatoms. The van der Waals surface area contributed by atoms with Crippen molar-refractivity contribution in [2.24, 2.45) is 0 Å². The van der Waals surface area contributed by atoms with E-state index >= 15 is 0 Å². The Bertz CT molecular complexity index is 705. The molecule has 0 atom stereocenters. The summed E-state index contributed by atoms with van der Waals surface area (Å²) in [5.74, 6) is 2.83. The molecule has 0 saturated carbocycles. The van der Waals surface area contributed by atoms with Gasteiger partial charge in [0, 0.05) is 0 Å². The highest BCUT2D eigenvalue weighted by Crippen LogP contribution is 2.28. The molecular weight excluding hydrogens is 340 g/mol. The zero-order valence-electron chi connectivity index (χ0n) is 16.7. The summed E-state index contributed by atoms with van der Waals surface area (Å²) in [5.41, 5.74) is 2.39. The molecule has 0 unspecified atom stereocenters. The monoisotopic (exact) mass is 370 g/mol. The van der Waals surface area contributed by atoms with E-state index < -0.39 is 0 Å². The van der Waals surface area contributed by atoms with Crippen molar-refractivity contribution in [2.75, 3.05) is 33.5 Å². The highest BCUT2D eigenvalue weighted by Gasteiger charge is 2.05. The lowest BCUT2D eigenvalue weighted by Gasteiger charge is -2.12. The smallest absolute Gasteiger partial charge is 0.161 e. The van der Waals surface area contributed by atoms with E-state index in [0.29, 0.717) is 32.3 Å². The van der Waals surface area contributed by atoms with E-state index in [1.54, 1.807) is 7.11 Å². The predicted molar refractivity (Wildman–Crippen MR) is 110 cm³/mol. The van der Waals surface area contributed by atoms with Crippen molar-refractivity contribution in [1.29, 1.82) is 0 Å². The predicted octanol–water partition coefficient (Wildman–Crippen LogP) is 5.33. The molecule has 0 radical (unpaired) electrons. The van der Waals surface area contributed by atoms with Crippen LogP contribution < -0.4 is 14.2 Å². The molecule has 146 valence electrons. The van der Waals surface area contributed by atoms with E-state index in [2.05, 4.69) is 26.0 Å². The van der Waals surface area contributed by atoms with Gasteiger partial charge < -0.3 is 18.9 Å². The van der Waals surface area contributed by atoms with Crippen LogP contribution in [0.3, 0.4) is 0 Å². The highest BCUT2D eigenvalue weighted by atomic mass is 16.6. The van der Waals surface area contributed by atoms with Crippen LogP contribution in [0, 0.1) is 0 Å². The van der Waals surface area contributed by atoms with Crippen LogP contribution >= 0.6 is 0 Å². The number of hydrogen-bond acceptors (Lipinski definition) is 4. The van der Waals surface area contributed by atoms with E-state index in [1.807, 2.05) is 49.4 Å². The molecule has 0 amide bonds. The summed E-state index contributed by atoms with van der Waals surface area (Å²) in [6.07, 6.45) is 4.01. The Hall–Kier alpha value is -2.46. The number of allylic oxidation sites excluding steroid dienone is 1. The third-order valence-electron chi connectivity index (χ3n) is 4.08. The van der Waals surface area contributed by atoms with Gasteiger partial charge in [0.15, 0.2) is 11.5 Å². The van der Waals surface area contributed by atoms with Crippen molar-refractivity contribution in [3.63, 3.8) is 0 Å². The van der Waals surface area contributed by atoms with Gasteiger partial charge in [-0.3, -0.25) is 0 Å². The van der Waals surface area contributed by atoms with Gasteiger partial charge in [-0.05, 0) is 48.2 Å². The van der Waals surface area contributed by atoms with E-state index in [9.17, 15) is 0 Å². The molecule has 0 N–H and O–H groups in total. The second-order valence-electron chi connectivity index (χ2n) is 6.44. The molecule has 0 bridgehead atoms. The molecule has 0 spiro atoms. The van der Waals surface area contributed by atoms with Crippen molar-refractivity contribution >= 4 is 6.08 Å². The fraction of sp³-hybridized carbons (Fsp3) is 0.391. The molecule has 0 saturated heterocycles. The summed E-state index contributed by atoms with van der Waals surface area (Å²) in [5, 5.41) is 0. The standard InChI is InChI=1S/C23H30O4/c1-5-6-19-7-12-22(23(17-19)24-4)27-16-14-25-13-15-26-21-10-8-20(9-11-21)18(2)3/h5-12,17-18H,13-16H2,1-4H3/b6-5+. The fourth-order valence-electron chi connectivity index (χ4n) is 2.58.